The van der Waals surface area contributed by atoms with Gasteiger partial charge in [-0.25, -0.2) is 14.3 Å². The molecular weight excluding hydrogens is 393 g/mol. The number of anilines is 1. The molecule has 0 aliphatic heterocycles. The fourth-order valence-electron chi connectivity index (χ4n) is 1.99. The molecule has 0 saturated heterocycles. The molecule has 12 heteroatoms. The Bertz CT molecular complexity index is 1110. The average molecular weight is 402 g/mol. The summed E-state index contributed by atoms with van der Waals surface area (Å²) in [6.07, 6.45) is 1.47. The third kappa shape index (κ3) is 3.11. The van der Waals surface area contributed by atoms with Crippen molar-refractivity contribution < 1.29 is 18.3 Å². The van der Waals surface area contributed by atoms with E-state index in [9.17, 15) is 13.2 Å². The highest BCUT2D eigenvalue weighted by atomic mass is 35.5. The fraction of sp³-hybridized carbons (Fsp3) is 0.0769. The van der Waals surface area contributed by atoms with Gasteiger partial charge in [0.15, 0.2) is 0 Å². The van der Waals surface area contributed by atoms with Gasteiger partial charge in [0.1, 0.15) is 0 Å². The number of hydrogen-bond donors (Lipinski definition) is 2. The van der Waals surface area contributed by atoms with E-state index in [-0.39, 0.29) is 27.1 Å². The summed E-state index contributed by atoms with van der Waals surface area (Å²) in [5, 5.41) is 12.0. The first-order valence-corrected chi connectivity index (χ1v) is 8.87. The molecule has 0 unspecified atom stereocenters. The Hall–Kier alpha value is -2.43. The molecule has 130 valence electrons. The van der Waals surface area contributed by atoms with Crippen LogP contribution in [0, 0.1) is 6.92 Å². The second-order valence-corrected chi connectivity index (χ2v) is 7.25. The first kappa shape index (κ1) is 17.4. The predicted octanol–water partition coefficient (Wildman–Crippen LogP) is 2.24. The third-order valence-electron chi connectivity index (χ3n) is 3.21. The minimum atomic E-state index is -4.27. The second-order valence-electron chi connectivity index (χ2n) is 4.89. The van der Waals surface area contributed by atoms with Crippen LogP contribution >= 0.6 is 23.2 Å². The monoisotopic (exact) mass is 401 g/mol. The largest absolute Gasteiger partial charge is 0.478 e. The van der Waals surface area contributed by atoms with Gasteiger partial charge in [-0.3, -0.25) is 4.72 Å². The lowest BCUT2D eigenvalue weighted by molar-refractivity contribution is 0.0697. The van der Waals surface area contributed by atoms with Crippen LogP contribution in [-0.4, -0.2) is 39.1 Å². The van der Waals surface area contributed by atoms with Crippen LogP contribution in [-0.2, 0) is 10.0 Å². The summed E-state index contributed by atoms with van der Waals surface area (Å²) in [6.45, 7) is 1.71. The van der Waals surface area contributed by atoms with Gasteiger partial charge in [0, 0.05) is 11.9 Å². The number of aryl methyl sites for hydroxylation is 1. The fourth-order valence-corrected chi connectivity index (χ4v) is 3.61. The number of fused-ring (bicyclic) bond motifs is 1. The Morgan fingerprint density at radius 1 is 1.28 bits per heavy atom. The number of carboxylic acids is 1. The maximum absolute atomic E-state index is 12.5. The summed E-state index contributed by atoms with van der Waals surface area (Å²) in [5.41, 5.74) is 0.0545. The van der Waals surface area contributed by atoms with Gasteiger partial charge in [-0.05, 0) is 25.1 Å². The molecule has 0 spiro atoms. The molecule has 0 atom stereocenters. The zero-order valence-electron chi connectivity index (χ0n) is 12.4. The van der Waals surface area contributed by atoms with Gasteiger partial charge in [-0.1, -0.05) is 23.2 Å². The summed E-state index contributed by atoms with van der Waals surface area (Å²) in [5.74, 6) is -1.23. The lowest BCUT2D eigenvalue weighted by Gasteiger charge is -2.10. The normalized spacial score (nSPS) is 11.6. The minimum Gasteiger partial charge on any atom is -0.478 e. The lowest BCUT2D eigenvalue weighted by Crippen LogP contribution is -2.16. The van der Waals surface area contributed by atoms with E-state index in [1.807, 2.05) is 0 Å². The van der Waals surface area contributed by atoms with Crippen molar-refractivity contribution in [2.75, 3.05) is 4.72 Å². The van der Waals surface area contributed by atoms with Crippen LogP contribution in [0.5, 0.6) is 0 Å². The number of carbonyl (C=O) groups is 1. The van der Waals surface area contributed by atoms with Crippen molar-refractivity contribution in [1.29, 1.82) is 0 Å². The average Bonchev–Trinajstić information content (AvgIpc) is 2.97. The first-order valence-electron chi connectivity index (χ1n) is 6.63. The number of hydrogen-bond acceptors (Lipinski definition) is 6. The SMILES string of the molecule is Cc1ccnc2nc(S(=O)(=O)Nc3c(Cl)ccc(C(=O)O)c3Cl)nn12. The highest BCUT2D eigenvalue weighted by Crippen LogP contribution is 2.34. The standard InChI is InChI=1S/C13H9Cl2N5O4S/c1-6-4-5-16-12-17-13(18-20(6)12)25(23,24)19-10-8(14)3-2-7(9(10)15)11(21)22/h2-5,19H,1H3,(H,21,22). The number of benzene rings is 1. The number of aromatic nitrogens is 4. The van der Waals surface area contributed by atoms with Crippen LogP contribution < -0.4 is 4.72 Å². The van der Waals surface area contributed by atoms with Crippen molar-refractivity contribution in [2.24, 2.45) is 0 Å². The number of aromatic carboxylic acids is 1. The number of carboxylic acid groups (broad SMARTS) is 1. The topological polar surface area (TPSA) is 127 Å². The highest BCUT2D eigenvalue weighted by Gasteiger charge is 2.25. The summed E-state index contributed by atoms with van der Waals surface area (Å²) in [6, 6.07) is 4.02. The van der Waals surface area contributed by atoms with E-state index in [2.05, 4.69) is 19.8 Å². The van der Waals surface area contributed by atoms with Gasteiger partial charge in [0.2, 0.25) is 0 Å². The lowest BCUT2D eigenvalue weighted by atomic mass is 10.2. The van der Waals surface area contributed by atoms with Crippen LogP contribution in [0.4, 0.5) is 5.69 Å². The molecule has 2 aromatic heterocycles. The van der Waals surface area contributed by atoms with Crippen molar-refractivity contribution in [3.63, 3.8) is 0 Å². The molecule has 9 nitrogen and oxygen atoms in total. The molecule has 0 aliphatic carbocycles. The maximum atomic E-state index is 12.5. The van der Waals surface area contributed by atoms with Gasteiger partial charge in [-0.2, -0.15) is 13.4 Å². The van der Waals surface area contributed by atoms with Crippen LogP contribution in [0.2, 0.25) is 10.0 Å². The molecule has 0 saturated carbocycles. The van der Waals surface area contributed by atoms with Gasteiger partial charge in [0.25, 0.3) is 21.0 Å². The quantitative estimate of drug-likeness (QED) is 0.685. The van der Waals surface area contributed by atoms with E-state index in [4.69, 9.17) is 28.3 Å². The second kappa shape index (κ2) is 6.14. The van der Waals surface area contributed by atoms with Crippen molar-refractivity contribution in [3.8, 4) is 0 Å². The molecule has 1 aromatic carbocycles. The zero-order chi connectivity index (χ0) is 18.4. The number of nitrogens with one attached hydrogen (secondary N) is 1. The van der Waals surface area contributed by atoms with Crippen molar-refractivity contribution >= 4 is 50.7 Å². The van der Waals surface area contributed by atoms with Gasteiger partial charge in [0.05, 0.1) is 21.3 Å². The Morgan fingerprint density at radius 2 is 2.00 bits per heavy atom. The molecule has 0 amide bonds. The van der Waals surface area contributed by atoms with Crippen molar-refractivity contribution in [1.82, 2.24) is 19.6 Å². The molecule has 0 bridgehead atoms. The van der Waals surface area contributed by atoms with Gasteiger partial charge < -0.3 is 5.11 Å². The van der Waals surface area contributed by atoms with E-state index in [0.717, 1.165) is 0 Å². The van der Waals surface area contributed by atoms with E-state index >= 15 is 0 Å². The molecule has 0 radical (unpaired) electrons. The molecule has 2 N–H and O–H groups in total. The summed E-state index contributed by atoms with van der Waals surface area (Å²) in [7, 11) is -4.27. The Kier molecular flexibility index (Phi) is 4.27. The van der Waals surface area contributed by atoms with E-state index in [0.29, 0.717) is 5.69 Å². The van der Waals surface area contributed by atoms with Crippen LogP contribution in [0.1, 0.15) is 16.1 Å². The molecule has 0 aliphatic rings. The van der Waals surface area contributed by atoms with E-state index in [1.165, 1.54) is 22.8 Å². The first-order chi connectivity index (χ1) is 11.7. The highest BCUT2D eigenvalue weighted by molar-refractivity contribution is 7.92. The van der Waals surface area contributed by atoms with Crippen LogP contribution in [0.3, 0.4) is 0 Å². The van der Waals surface area contributed by atoms with Crippen molar-refractivity contribution in [2.45, 2.75) is 12.1 Å². The Morgan fingerprint density at radius 3 is 2.64 bits per heavy atom. The predicted molar refractivity (Wildman–Crippen MR) is 89.7 cm³/mol. The van der Waals surface area contributed by atoms with Gasteiger partial charge >= 0.3 is 5.97 Å². The van der Waals surface area contributed by atoms with E-state index < -0.39 is 21.1 Å². The Balaban J connectivity index is 2.08. The van der Waals surface area contributed by atoms with Crippen LogP contribution in [0.25, 0.3) is 5.78 Å². The minimum absolute atomic E-state index is 0.0726. The third-order valence-corrected chi connectivity index (χ3v) is 5.04. The smallest absolute Gasteiger partial charge is 0.337 e. The van der Waals surface area contributed by atoms with Crippen molar-refractivity contribution in [3.05, 3.63) is 45.7 Å². The van der Waals surface area contributed by atoms with Gasteiger partial charge in [-0.15, -0.1) is 5.10 Å². The molecular formula is C13H9Cl2N5O4S. The Labute approximate surface area is 151 Å². The summed E-state index contributed by atoms with van der Waals surface area (Å²) < 4.78 is 28.4. The summed E-state index contributed by atoms with van der Waals surface area (Å²) in [4.78, 5) is 18.9. The molecule has 3 rings (SSSR count). The maximum Gasteiger partial charge on any atom is 0.337 e. The van der Waals surface area contributed by atoms with E-state index in [1.54, 1.807) is 13.0 Å². The number of rotatable bonds is 4. The molecule has 3 aromatic rings. The number of halogens is 2. The number of sulfonamides is 1. The molecule has 25 heavy (non-hydrogen) atoms. The summed E-state index contributed by atoms with van der Waals surface area (Å²) >= 11 is 11.9. The molecule has 2 heterocycles. The van der Waals surface area contributed by atoms with Crippen LogP contribution in [0.15, 0.2) is 29.6 Å². The molecule has 0 fully saturated rings. The number of nitrogens with zero attached hydrogens (tertiary/aromatic N) is 4. The zero-order valence-corrected chi connectivity index (χ0v) is 14.8.